The normalized spacial score (nSPS) is 11.7. The summed E-state index contributed by atoms with van der Waals surface area (Å²) in [5.41, 5.74) is 0. The Bertz CT molecular complexity index is 37.3. The molecule has 6 heteroatoms. The number of rotatable bonds is 1. The Kier molecular flexibility index (Phi) is 2.46. The van der Waals surface area contributed by atoms with Gasteiger partial charge in [0.05, 0.1) is 0 Å². The molecule has 0 radical (unpaired) electrons. The molecule has 0 heterocycles. The zero-order valence-corrected chi connectivity index (χ0v) is 5.31. The molecular formula is H3O4SiTi. The summed E-state index contributed by atoms with van der Waals surface area (Å²) in [6.07, 6.45) is 0. The molecule has 35 valence electrons. The van der Waals surface area contributed by atoms with E-state index < -0.39 is 9.05 Å². The van der Waals surface area contributed by atoms with Crippen LogP contribution in [0, 0.1) is 0 Å². The van der Waals surface area contributed by atoms with Gasteiger partial charge in [0, 0.05) is 0 Å². The summed E-state index contributed by atoms with van der Waals surface area (Å²) >= 11 is 1.02. The molecule has 0 saturated carbocycles. The predicted molar refractivity (Wildman–Crippen MR) is 13.5 cm³/mol. The van der Waals surface area contributed by atoms with Crippen molar-refractivity contribution in [2.45, 2.75) is 0 Å². The van der Waals surface area contributed by atoms with E-state index in [2.05, 4.69) is 3.01 Å². The van der Waals surface area contributed by atoms with Crippen LogP contribution in [0.15, 0.2) is 0 Å². The molecule has 0 amide bonds. The first-order valence-corrected chi connectivity index (χ1v) is 3.47. The third-order valence-electron chi connectivity index (χ3n) is 0.137. The molecule has 0 fully saturated rings. The van der Waals surface area contributed by atoms with Crippen molar-refractivity contribution in [1.29, 1.82) is 0 Å². The van der Waals surface area contributed by atoms with E-state index in [1.165, 1.54) is 0 Å². The third kappa shape index (κ3) is 4.77. The van der Waals surface area contributed by atoms with Crippen molar-refractivity contribution in [2.24, 2.45) is 0 Å². The van der Waals surface area contributed by atoms with Crippen molar-refractivity contribution in [2.75, 3.05) is 0 Å². The Morgan fingerprint density at radius 1 is 1.33 bits per heavy atom. The maximum absolute atomic E-state index is 7.85. The third-order valence-corrected chi connectivity index (χ3v) is 1.69. The van der Waals surface area contributed by atoms with Gasteiger partial charge in [-0.3, -0.25) is 0 Å². The van der Waals surface area contributed by atoms with Crippen LogP contribution in [0.25, 0.3) is 0 Å². The molecule has 0 atom stereocenters. The van der Waals surface area contributed by atoms with Gasteiger partial charge in [-0.05, 0) is 0 Å². The number of hydrogen-bond acceptors (Lipinski definition) is 4. The van der Waals surface area contributed by atoms with Crippen molar-refractivity contribution in [3.05, 3.63) is 0 Å². The minimum atomic E-state index is -4.13. The summed E-state index contributed by atoms with van der Waals surface area (Å²) in [4.78, 5) is 23.6. The van der Waals surface area contributed by atoms with Crippen molar-refractivity contribution < 1.29 is 38.2 Å². The van der Waals surface area contributed by atoms with Gasteiger partial charge in [0.2, 0.25) is 0 Å². The Balaban J connectivity index is 3.17. The summed E-state index contributed by atoms with van der Waals surface area (Å²) in [5, 5.41) is 0. The molecule has 6 heavy (non-hydrogen) atoms. The zero-order valence-electron chi connectivity index (χ0n) is 2.75. The topological polar surface area (TPSA) is 69.9 Å². The second-order valence-electron chi connectivity index (χ2n) is 0.676. The van der Waals surface area contributed by atoms with Crippen molar-refractivity contribution >= 4 is 9.05 Å². The molecule has 0 aliphatic rings. The van der Waals surface area contributed by atoms with Crippen LogP contribution in [0.4, 0.5) is 0 Å². The summed E-state index contributed by atoms with van der Waals surface area (Å²) in [6.45, 7) is 0. The summed E-state index contributed by atoms with van der Waals surface area (Å²) in [7, 11) is -4.13. The fraction of sp³-hybridized carbons (Fsp3) is 0. The van der Waals surface area contributed by atoms with Gasteiger partial charge in [0.1, 0.15) is 0 Å². The molecule has 0 aromatic rings. The molecule has 0 saturated heterocycles. The average Bonchev–Trinajstić information content (AvgIpc) is 1.35. The van der Waals surface area contributed by atoms with Crippen LogP contribution < -0.4 is 0 Å². The molecule has 4 nitrogen and oxygen atoms in total. The maximum atomic E-state index is 7.85. The Morgan fingerprint density at radius 2 is 1.50 bits per heavy atom. The number of hydrogen-bond donors (Lipinski definition) is 3. The van der Waals surface area contributed by atoms with Gasteiger partial charge in [-0.15, -0.1) is 0 Å². The van der Waals surface area contributed by atoms with Crippen LogP contribution in [-0.2, 0) is 23.8 Å². The molecule has 0 aliphatic carbocycles. The summed E-state index contributed by atoms with van der Waals surface area (Å²) < 4.78 is 3.74. The molecule has 0 spiro atoms. The summed E-state index contributed by atoms with van der Waals surface area (Å²) in [6, 6.07) is 0. The fourth-order valence-electron chi connectivity index (χ4n) is 0. The van der Waals surface area contributed by atoms with Gasteiger partial charge in [0.15, 0.2) is 0 Å². The first kappa shape index (κ1) is 6.77. The Morgan fingerprint density at radius 3 is 1.50 bits per heavy atom. The molecule has 0 aromatic carbocycles. The first-order chi connectivity index (χ1) is 2.56. The first-order valence-electron chi connectivity index (χ1n) is 1.08. The van der Waals surface area contributed by atoms with Crippen LogP contribution in [0.3, 0.4) is 0 Å². The molecule has 3 N–H and O–H groups in total. The van der Waals surface area contributed by atoms with Crippen LogP contribution in [0.5, 0.6) is 0 Å². The van der Waals surface area contributed by atoms with Crippen molar-refractivity contribution in [3.8, 4) is 0 Å². The zero-order chi connectivity index (χ0) is 5.21. The predicted octanol–water partition coefficient (Wildman–Crippen LogP) is -2.12. The van der Waals surface area contributed by atoms with E-state index in [9.17, 15) is 0 Å². The Hall–Kier alpha value is 0.771. The summed E-state index contributed by atoms with van der Waals surface area (Å²) in [5.74, 6) is 0. The van der Waals surface area contributed by atoms with Crippen molar-refractivity contribution in [3.63, 3.8) is 0 Å². The second-order valence-corrected chi connectivity index (χ2v) is 2.98. The second kappa shape index (κ2) is 2.18. The van der Waals surface area contributed by atoms with Crippen LogP contribution in [0.1, 0.15) is 0 Å². The molecule has 0 unspecified atom stereocenters. The van der Waals surface area contributed by atoms with E-state index >= 15 is 0 Å². The van der Waals surface area contributed by atoms with E-state index in [-0.39, 0.29) is 0 Å². The van der Waals surface area contributed by atoms with Gasteiger partial charge in [0.25, 0.3) is 0 Å². The standard InChI is InChI=1S/H3O4Si.Ti/c1-5(2,3)4;/h1-3H;/q-1;+1. The molecule has 0 rings (SSSR count). The van der Waals surface area contributed by atoms with E-state index in [0.29, 0.717) is 0 Å². The molecule has 0 aromatic heterocycles. The fourth-order valence-corrected chi connectivity index (χ4v) is 0. The van der Waals surface area contributed by atoms with E-state index in [4.69, 9.17) is 14.4 Å². The van der Waals surface area contributed by atoms with Crippen molar-refractivity contribution in [1.82, 2.24) is 0 Å². The Labute approximate surface area is 47.7 Å². The van der Waals surface area contributed by atoms with Gasteiger partial charge in [-0.2, -0.15) is 0 Å². The monoisotopic (exact) mass is 143 g/mol. The van der Waals surface area contributed by atoms with E-state index in [1.54, 1.807) is 0 Å². The average molecular weight is 143 g/mol. The van der Waals surface area contributed by atoms with Crippen LogP contribution in [-0.4, -0.2) is 23.4 Å². The molecule has 0 aliphatic heterocycles. The van der Waals surface area contributed by atoms with Crippen LogP contribution >= 0.6 is 0 Å². The van der Waals surface area contributed by atoms with Gasteiger partial charge in [-0.1, -0.05) is 0 Å². The van der Waals surface area contributed by atoms with E-state index in [1.807, 2.05) is 0 Å². The molecule has 0 bridgehead atoms. The minimum absolute atomic E-state index is 1.02. The SMILES string of the molecule is O[Si](O)(O)[O][Ti]. The van der Waals surface area contributed by atoms with E-state index in [0.717, 1.165) is 20.8 Å². The van der Waals surface area contributed by atoms with Gasteiger partial charge < -0.3 is 0 Å². The van der Waals surface area contributed by atoms with Gasteiger partial charge >= 0.3 is 47.3 Å². The van der Waals surface area contributed by atoms with Crippen LogP contribution in [0.2, 0.25) is 0 Å². The van der Waals surface area contributed by atoms with Gasteiger partial charge in [-0.25, -0.2) is 0 Å². The quantitative estimate of drug-likeness (QED) is 0.367. The molecular weight excluding hydrogens is 140 g/mol.